The first kappa shape index (κ1) is 22.3. The molecule has 2 aliphatic rings. The summed E-state index contributed by atoms with van der Waals surface area (Å²) in [5, 5.41) is 4.55. The van der Waals surface area contributed by atoms with E-state index in [0.717, 1.165) is 68.6 Å². The summed E-state index contributed by atoms with van der Waals surface area (Å²) in [6.07, 6.45) is 7.46. The number of rotatable bonds is 8. The van der Waals surface area contributed by atoms with Crippen LogP contribution in [0.15, 0.2) is 4.99 Å². The van der Waals surface area contributed by atoms with Crippen LogP contribution >= 0.6 is 11.5 Å². The average Bonchev–Trinajstić information content (AvgIpc) is 3.23. The molecule has 3 heterocycles. The molecule has 1 unspecified atom stereocenters. The molecule has 0 spiro atoms. The number of guanidine groups is 1. The van der Waals surface area contributed by atoms with Gasteiger partial charge in [0, 0.05) is 63.3 Å². The molecule has 0 saturated carbocycles. The number of likely N-dealkylation sites (tertiary alicyclic amines) is 1. The molecule has 0 radical (unpaired) electrons. The van der Waals surface area contributed by atoms with Gasteiger partial charge in [0.15, 0.2) is 5.96 Å². The number of aliphatic imine (C=N–C) groups is 1. The number of unbranched alkanes of at least 4 members (excludes halogenated alkanes) is 1. The fourth-order valence-corrected chi connectivity index (χ4v) is 4.95. The van der Waals surface area contributed by atoms with Crippen LogP contribution in [0.5, 0.6) is 0 Å². The summed E-state index contributed by atoms with van der Waals surface area (Å²) >= 11 is 1.53. The van der Waals surface area contributed by atoms with Crippen LogP contribution in [0.1, 0.15) is 58.7 Å². The lowest BCUT2D eigenvalue weighted by Crippen LogP contribution is -2.52. The fourth-order valence-electron chi connectivity index (χ4n) is 4.15. The molecule has 0 bridgehead atoms. The molecule has 8 heteroatoms. The lowest BCUT2D eigenvalue weighted by Gasteiger charge is -2.36. The minimum Gasteiger partial charge on any atom is -0.357 e. The van der Waals surface area contributed by atoms with Gasteiger partial charge in [0.05, 0.1) is 0 Å². The zero-order chi connectivity index (χ0) is 20.5. The Morgan fingerprint density at radius 1 is 1.14 bits per heavy atom. The minimum absolute atomic E-state index is 0.766. The summed E-state index contributed by atoms with van der Waals surface area (Å²) in [6.45, 7) is 14.9. The van der Waals surface area contributed by atoms with Crippen LogP contribution in [-0.4, -0.2) is 83.5 Å². The van der Waals surface area contributed by atoms with E-state index in [-0.39, 0.29) is 0 Å². The highest BCUT2D eigenvalue weighted by molar-refractivity contribution is 7.09. The number of aromatic nitrogens is 2. The highest BCUT2D eigenvalue weighted by Crippen LogP contribution is 2.19. The monoisotopic (exact) mass is 421 g/mol. The van der Waals surface area contributed by atoms with Crippen molar-refractivity contribution in [3.05, 3.63) is 5.82 Å². The predicted molar refractivity (Wildman–Crippen MR) is 123 cm³/mol. The van der Waals surface area contributed by atoms with Crippen LogP contribution < -0.4 is 10.2 Å². The van der Waals surface area contributed by atoms with E-state index in [2.05, 4.69) is 50.1 Å². The summed E-state index contributed by atoms with van der Waals surface area (Å²) in [4.78, 5) is 17.0. The molecule has 1 atom stereocenters. The maximum absolute atomic E-state index is 4.92. The molecule has 0 aromatic carbocycles. The van der Waals surface area contributed by atoms with E-state index in [1.807, 2.05) is 0 Å². The first-order chi connectivity index (χ1) is 14.2. The number of anilines is 1. The molecule has 29 heavy (non-hydrogen) atoms. The maximum atomic E-state index is 4.92. The van der Waals surface area contributed by atoms with Crippen molar-refractivity contribution in [1.82, 2.24) is 24.5 Å². The van der Waals surface area contributed by atoms with Crippen LogP contribution in [0.4, 0.5) is 5.13 Å². The van der Waals surface area contributed by atoms with Gasteiger partial charge in [-0.15, -0.1) is 0 Å². The minimum atomic E-state index is 0.766. The SMILES string of the molecule is CCNC(=NCCCCN1CCCCC1C)N1CCN(c2nc(CC)ns2)CC1. The van der Waals surface area contributed by atoms with E-state index in [4.69, 9.17) is 4.99 Å². The van der Waals surface area contributed by atoms with Crippen LogP contribution in [0, 0.1) is 0 Å². The second kappa shape index (κ2) is 11.7. The highest BCUT2D eigenvalue weighted by atomic mass is 32.1. The van der Waals surface area contributed by atoms with Crippen molar-refractivity contribution in [3.8, 4) is 0 Å². The van der Waals surface area contributed by atoms with E-state index < -0.39 is 0 Å². The van der Waals surface area contributed by atoms with E-state index in [9.17, 15) is 0 Å². The Hall–Kier alpha value is -1.41. The van der Waals surface area contributed by atoms with Gasteiger partial charge in [0.1, 0.15) is 5.82 Å². The van der Waals surface area contributed by atoms with Crippen LogP contribution in [0.25, 0.3) is 0 Å². The zero-order valence-corrected chi connectivity index (χ0v) is 19.4. The third-order valence-electron chi connectivity index (χ3n) is 6.01. The van der Waals surface area contributed by atoms with Crippen molar-refractivity contribution in [1.29, 1.82) is 0 Å². The fraction of sp³-hybridized carbons (Fsp3) is 0.857. The first-order valence-corrected chi connectivity index (χ1v) is 12.3. The van der Waals surface area contributed by atoms with E-state index in [1.165, 1.54) is 56.7 Å². The molecule has 0 aliphatic carbocycles. The summed E-state index contributed by atoms with van der Waals surface area (Å²) in [6, 6.07) is 0.766. The second-order valence-electron chi connectivity index (χ2n) is 8.14. The summed E-state index contributed by atoms with van der Waals surface area (Å²) < 4.78 is 4.43. The molecule has 1 aromatic rings. The van der Waals surface area contributed by atoms with Gasteiger partial charge in [-0.25, -0.2) is 4.98 Å². The van der Waals surface area contributed by atoms with Crippen molar-refractivity contribution >= 4 is 22.6 Å². The molecule has 7 nitrogen and oxygen atoms in total. The molecule has 2 aliphatic heterocycles. The van der Waals surface area contributed by atoms with Crippen molar-refractivity contribution in [2.75, 3.05) is 57.3 Å². The predicted octanol–water partition coefficient (Wildman–Crippen LogP) is 2.84. The van der Waals surface area contributed by atoms with Gasteiger partial charge in [-0.1, -0.05) is 13.3 Å². The van der Waals surface area contributed by atoms with E-state index >= 15 is 0 Å². The van der Waals surface area contributed by atoms with Crippen LogP contribution in [0.3, 0.4) is 0 Å². The molecule has 164 valence electrons. The molecular weight excluding hydrogens is 382 g/mol. The maximum Gasteiger partial charge on any atom is 0.205 e. The average molecular weight is 422 g/mol. The van der Waals surface area contributed by atoms with Crippen molar-refractivity contribution in [2.24, 2.45) is 4.99 Å². The van der Waals surface area contributed by atoms with Crippen molar-refractivity contribution in [2.45, 2.75) is 65.3 Å². The number of hydrogen-bond donors (Lipinski definition) is 1. The Morgan fingerprint density at radius 2 is 1.97 bits per heavy atom. The van der Waals surface area contributed by atoms with Gasteiger partial charge in [0.25, 0.3) is 0 Å². The molecule has 1 aromatic heterocycles. The number of nitrogens with zero attached hydrogens (tertiary/aromatic N) is 6. The standard InChI is InChI=1S/C21H39N7S/c1-4-19-24-21(29-25-19)28-16-14-27(15-17-28)20(22-5-2)23-11-7-9-13-26-12-8-6-10-18(26)3/h18H,4-17H2,1-3H3,(H,22,23). The van der Waals surface area contributed by atoms with Gasteiger partial charge in [-0.2, -0.15) is 4.37 Å². The molecule has 1 N–H and O–H groups in total. The molecule has 2 saturated heterocycles. The van der Waals surface area contributed by atoms with Crippen LogP contribution in [0.2, 0.25) is 0 Å². The third-order valence-corrected chi connectivity index (χ3v) is 6.83. The van der Waals surface area contributed by atoms with Crippen molar-refractivity contribution in [3.63, 3.8) is 0 Å². The molecule has 2 fully saturated rings. The number of hydrogen-bond acceptors (Lipinski definition) is 6. The Bertz CT molecular complexity index is 624. The van der Waals surface area contributed by atoms with E-state index in [1.54, 1.807) is 0 Å². The van der Waals surface area contributed by atoms with Crippen LogP contribution in [-0.2, 0) is 6.42 Å². The number of piperidine rings is 1. The van der Waals surface area contributed by atoms with Gasteiger partial charge < -0.3 is 20.0 Å². The Labute approximate surface area is 180 Å². The van der Waals surface area contributed by atoms with Gasteiger partial charge in [0.2, 0.25) is 5.13 Å². The van der Waals surface area contributed by atoms with Gasteiger partial charge in [-0.3, -0.25) is 4.99 Å². The topological polar surface area (TPSA) is 59.9 Å². The summed E-state index contributed by atoms with van der Waals surface area (Å²) in [5.74, 6) is 2.03. The molecule has 3 rings (SSSR count). The third kappa shape index (κ3) is 6.54. The summed E-state index contributed by atoms with van der Waals surface area (Å²) in [7, 11) is 0. The highest BCUT2D eigenvalue weighted by Gasteiger charge is 2.22. The normalized spacial score (nSPS) is 21.6. The lowest BCUT2D eigenvalue weighted by molar-refractivity contribution is 0.158. The van der Waals surface area contributed by atoms with Gasteiger partial charge in [-0.05, 0) is 52.6 Å². The molecular formula is C21H39N7S. The first-order valence-electron chi connectivity index (χ1n) is 11.6. The number of aryl methyl sites for hydroxylation is 1. The quantitative estimate of drug-likeness (QED) is 0.396. The zero-order valence-electron chi connectivity index (χ0n) is 18.6. The number of piperazine rings is 1. The Morgan fingerprint density at radius 3 is 2.66 bits per heavy atom. The van der Waals surface area contributed by atoms with E-state index in [0.29, 0.717) is 0 Å². The van der Waals surface area contributed by atoms with Crippen molar-refractivity contribution < 1.29 is 0 Å². The smallest absolute Gasteiger partial charge is 0.205 e. The van der Waals surface area contributed by atoms with Gasteiger partial charge >= 0.3 is 0 Å². The second-order valence-corrected chi connectivity index (χ2v) is 8.87. The Kier molecular flexibility index (Phi) is 8.98. The molecule has 0 amide bonds. The largest absolute Gasteiger partial charge is 0.357 e. The summed E-state index contributed by atoms with van der Waals surface area (Å²) in [5.41, 5.74) is 0. The number of nitrogens with one attached hydrogen (secondary N) is 1. The lowest BCUT2D eigenvalue weighted by atomic mass is 10.0. The Balaban J connectivity index is 1.41.